The van der Waals surface area contributed by atoms with Crippen molar-refractivity contribution in [3.05, 3.63) is 0 Å². The number of rotatable bonds is 5. The number of ether oxygens (including phenoxy) is 4. The Hall–Kier alpha value is -0.160. The second-order valence-corrected chi connectivity index (χ2v) is 6.75. The Kier molecular flexibility index (Phi) is 3.21. The molecular formula is C15H26O4. The summed E-state index contributed by atoms with van der Waals surface area (Å²) in [5.74, 6) is 0. The van der Waals surface area contributed by atoms with Gasteiger partial charge in [0.1, 0.15) is 23.4 Å². The van der Waals surface area contributed by atoms with E-state index in [1.165, 1.54) is 0 Å². The molecule has 3 fully saturated rings. The molecule has 0 radical (unpaired) electrons. The minimum Gasteiger partial charge on any atom is -0.376 e. The van der Waals surface area contributed by atoms with Crippen LogP contribution in [-0.4, -0.2) is 48.3 Å². The first-order valence-corrected chi connectivity index (χ1v) is 7.53. The van der Waals surface area contributed by atoms with Gasteiger partial charge in [0.15, 0.2) is 0 Å². The van der Waals surface area contributed by atoms with Crippen LogP contribution in [-0.2, 0) is 18.9 Å². The van der Waals surface area contributed by atoms with Crippen molar-refractivity contribution in [2.24, 2.45) is 0 Å². The van der Waals surface area contributed by atoms with Crippen molar-refractivity contribution in [3.8, 4) is 0 Å². The molecule has 1 aliphatic carbocycles. The van der Waals surface area contributed by atoms with E-state index in [4.69, 9.17) is 18.9 Å². The van der Waals surface area contributed by atoms with E-state index in [0.717, 1.165) is 12.8 Å². The highest BCUT2D eigenvalue weighted by atomic mass is 16.7. The Labute approximate surface area is 115 Å². The molecular weight excluding hydrogens is 244 g/mol. The molecule has 0 aromatic carbocycles. The van der Waals surface area contributed by atoms with Gasteiger partial charge in [-0.3, -0.25) is 0 Å². The van der Waals surface area contributed by atoms with Gasteiger partial charge in [0.2, 0.25) is 0 Å². The van der Waals surface area contributed by atoms with Crippen LogP contribution in [0, 0.1) is 0 Å². The summed E-state index contributed by atoms with van der Waals surface area (Å²) >= 11 is 0. The first-order valence-electron chi connectivity index (χ1n) is 7.53. The smallest absolute Gasteiger partial charge is 0.149 e. The van der Waals surface area contributed by atoms with Gasteiger partial charge >= 0.3 is 0 Å². The monoisotopic (exact) mass is 270 g/mol. The van der Waals surface area contributed by atoms with E-state index in [0.29, 0.717) is 6.61 Å². The molecule has 3 aliphatic rings. The first kappa shape index (κ1) is 13.8. The van der Waals surface area contributed by atoms with Crippen molar-refractivity contribution in [3.63, 3.8) is 0 Å². The fourth-order valence-corrected chi connectivity index (χ4v) is 3.54. The minimum absolute atomic E-state index is 0.00347. The van der Waals surface area contributed by atoms with Crippen LogP contribution in [0.2, 0.25) is 0 Å². The quantitative estimate of drug-likeness (QED) is 0.768. The van der Waals surface area contributed by atoms with Crippen LogP contribution < -0.4 is 0 Å². The molecule has 110 valence electrons. The average Bonchev–Trinajstić information content (AvgIpc) is 2.98. The molecule has 0 aromatic heterocycles. The second kappa shape index (κ2) is 4.42. The predicted octanol–water partition coefficient (Wildman–Crippen LogP) is 2.29. The number of hydrogen-bond acceptors (Lipinski definition) is 4. The Morgan fingerprint density at radius 2 is 1.79 bits per heavy atom. The van der Waals surface area contributed by atoms with Crippen molar-refractivity contribution in [1.82, 2.24) is 0 Å². The summed E-state index contributed by atoms with van der Waals surface area (Å²) in [6.07, 6.45) is 2.65. The molecule has 0 amide bonds. The Morgan fingerprint density at radius 3 is 2.32 bits per heavy atom. The van der Waals surface area contributed by atoms with Gasteiger partial charge in [-0.05, 0) is 47.5 Å². The summed E-state index contributed by atoms with van der Waals surface area (Å²) in [5.41, 5.74) is -0.537. The van der Waals surface area contributed by atoms with Crippen LogP contribution in [0.3, 0.4) is 0 Å². The van der Waals surface area contributed by atoms with Gasteiger partial charge in [-0.1, -0.05) is 0 Å². The van der Waals surface area contributed by atoms with Crippen LogP contribution in [0.25, 0.3) is 0 Å². The zero-order valence-electron chi connectivity index (χ0n) is 12.6. The third-order valence-electron chi connectivity index (χ3n) is 4.50. The van der Waals surface area contributed by atoms with Crippen LogP contribution in [0.1, 0.15) is 47.5 Å². The van der Waals surface area contributed by atoms with Gasteiger partial charge in [0, 0.05) is 0 Å². The Balaban J connectivity index is 1.85. The third kappa shape index (κ3) is 1.96. The summed E-state index contributed by atoms with van der Waals surface area (Å²) in [6.45, 7) is 10.9. The van der Waals surface area contributed by atoms with E-state index in [1.54, 1.807) is 0 Å². The minimum atomic E-state index is -0.397. The molecule has 3 rings (SSSR count). The molecule has 0 aromatic rings. The van der Waals surface area contributed by atoms with Gasteiger partial charge in [-0.25, -0.2) is 0 Å². The summed E-state index contributed by atoms with van der Waals surface area (Å²) in [7, 11) is 0. The van der Waals surface area contributed by atoms with Crippen LogP contribution in [0.15, 0.2) is 0 Å². The maximum absolute atomic E-state index is 6.31. The number of hydrogen-bond donors (Lipinski definition) is 0. The van der Waals surface area contributed by atoms with Gasteiger partial charge in [-0.15, -0.1) is 0 Å². The fourth-order valence-electron chi connectivity index (χ4n) is 3.54. The lowest BCUT2D eigenvalue weighted by atomic mass is 9.90. The zero-order valence-corrected chi connectivity index (χ0v) is 12.6. The standard InChI is InChI=1S/C15H26O4/c1-9(2)16-8-15-13(17-10(3)4)12(11(5)18-15)19-14(15)6-7-14/h9-13H,6-8H2,1-5H3/t11-,12?,13+,15+/m0/s1. The highest BCUT2D eigenvalue weighted by Crippen LogP contribution is 2.63. The van der Waals surface area contributed by atoms with Gasteiger partial charge in [0.25, 0.3) is 0 Å². The molecule has 1 unspecified atom stereocenters. The van der Waals surface area contributed by atoms with E-state index in [-0.39, 0.29) is 36.1 Å². The van der Waals surface area contributed by atoms with Gasteiger partial charge < -0.3 is 18.9 Å². The molecule has 2 saturated heterocycles. The lowest BCUT2D eigenvalue weighted by Crippen LogP contribution is -2.54. The van der Waals surface area contributed by atoms with E-state index in [1.807, 2.05) is 0 Å². The molecule has 2 bridgehead atoms. The van der Waals surface area contributed by atoms with E-state index in [9.17, 15) is 0 Å². The average molecular weight is 270 g/mol. The molecule has 4 nitrogen and oxygen atoms in total. The SMILES string of the molecule is CC(C)OC[C@]12O[C@@H](C)C(OC13CC3)[C@H]2OC(C)C. The van der Waals surface area contributed by atoms with Gasteiger partial charge in [0.05, 0.1) is 24.9 Å². The van der Waals surface area contributed by atoms with Crippen LogP contribution >= 0.6 is 0 Å². The zero-order chi connectivity index (χ0) is 13.8. The van der Waals surface area contributed by atoms with Crippen molar-refractivity contribution >= 4 is 0 Å². The first-order chi connectivity index (χ1) is 8.90. The van der Waals surface area contributed by atoms with Crippen LogP contribution in [0.4, 0.5) is 0 Å². The van der Waals surface area contributed by atoms with E-state index >= 15 is 0 Å². The Bertz CT molecular complexity index is 350. The third-order valence-corrected chi connectivity index (χ3v) is 4.50. The molecule has 2 aliphatic heterocycles. The van der Waals surface area contributed by atoms with Crippen molar-refractivity contribution in [1.29, 1.82) is 0 Å². The van der Waals surface area contributed by atoms with Gasteiger partial charge in [-0.2, -0.15) is 0 Å². The molecule has 0 N–H and O–H groups in total. The highest BCUT2D eigenvalue weighted by Gasteiger charge is 2.78. The second-order valence-electron chi connectivity index (χ2n) is 6.75. The van der Waals surface area contributed by atoms with Crippen molar-refractivity contribution < 1.29 is 18.9 Å². The maximum Gasteiger partial charge on any atom is 0.149 e. The highest BCUT2D eigenvalue weighted by molar-refractivity contribution is 5.26. The lowest BCUT2D eigenvalue weighted by Gasteiger charge is -2.38. The fraction of sp³-hybridized carbons (Fsp3) is 1.00. The maximum atomic E-state index is 6.31. The van der Waals surface area contributed by atoms with Crippen molar-refractivity contribution in [2.45, 2.75) is 89.2 Å². The summed E-state index contributed by atoms with van der Waals surface area (Å²) in [4.78, 5) is 0. The summed E-state index contributed by atoms with van der Waals surface area (Å²) in [5, 5.41) is 0. The molecule has 19 heavy (non-hydrogen) atoms. The van der Waals surface area contributed by atoms with E-state index in [2.05, 4.69) is 34.6 Å². The van der Waals surface area contributed by atoms with Crippen molar-refractivity contribution in [2.75, 3.05) is 6.61 Å². The van der Waals surface area contributed by atoms with E-state index < -0.39 is 5.60 Å². The number of fused-ring (bicyclic) bond motifs is 3. The normalized spacial score (nSPS) is 42.8. The molecule has 1 spiro atoms. The summed E-state index contributed by atoms with van der Waals surface area (Å²) in [6, 6.07) is 0. The topological polar surface area (TPSA) is 36.9 Å². The molecule has 4 heteroatoms. The lowest BCUT2D eigenvalue weighted by molar-refractivity contribution is -0.220. The van der Waals surface area contributed by atoms with Crippen LogP contribution in [0.5, 0.6) is 0 Å². The predicted molar refractivity (Wildman–Crippen MR) is 71.2 cm³/mol. The Morgan fingerprint density at radius 1 is 1.11 bits per heavy atom. The molecule has 1 saturated carbocycles. The molecule has 4 atom stereocenters. The summed E-state index contributed by atoms with van der Waals surface area (Å²) < 4.78 is 24.7. The largest absolute Gasteiger partial charge is 0.376 e. The molecule has 2 heterocycles.